The normalized spacial score (nSPS) is 46.6. The second-order valence-electron chi connectivity index (χ2n) is 12.4. The van der Waals surface area contributed by atoms with Crippen LogP contribution in [0, 0.1) is 34.5 Å². The quantitative estimate of drug-likeness (QED) is 0.310. The van der Waals surface area contributed by atoms with Gasteiger partial charge < -0.3 is 20.0 Å². The predicted octanol–water partition coefficient (Wildman–Crippen LogP) is 4.15. The van der Waals surface area contributed by atoms with Crippen molar-refractivity contribution in [2.45, 2.75) is 90.3 Å². The molecule has 0 saturated heterocycles. The van der Waals surface area contributed by atoms with Gasteiger partial charge in [-0.3, -0.25) is 0 Å². The second kappa shape index (κ2) is 9.30. The Balaban J connectivity index is 1.43. The van der Waals surface area contributed by atoms with E-state index in [4.69, 9.17) is 4.84 Å². The number of hydroxylamine groups is 1. The van der Waals surface area contributed by atoms with Gasteiger partial charge in [-0.05, 0) is 108 Å². The van der Waals surface area contributed by atoms with E-state index in [9.17, 15) is 10.2 Å². The first-order valence-electron chi connectivity index (χ1n) is 13.2. The van der Waals surface area contributed by atoms with Crippen molar-refractivity contribution in [1.29, 1.82) is 0 Å². The van der Waals surface area contributed by atoms with Gasteiger partial charge in [0.15, 0.2) is 0 Å². The van der Waals surface area contributed by atoms with Gasteiger partial charge in [0.2, 0.25) is 0 Å². The average molecular weight is 449 g/mol. The molecule has 4 aliphatic rings. The number of hydrogen-bond acceptors (Lipinski definition) is 5. The van der Waals surface area contributed by atoms with Crippen molar-refractivity contribution in [2.75, 3.05) is 33.8 Å². The fourth-order valence-electron chi connectivity index (χ4n) is 8.38. The number of fused-ring (bicyclic) bond motifs is 5. The van der Waals surface area contributed by atoms with Crippen LogP contribution in [0.2, 0.25) is 0 Å². The Bertz CT molecular complexity index is 696. The summed E-state index contributed by atoms with van der Waals surface area (Å²) < 4.78 is 0. The van der Waals surface area contributed by atoms with Crippen LogP contribution in [0.4, 0.5) is 0 Å². The van der Waals surface area contributed by atoms with Crippen LogP contribution in [0.3, 0.4) is 0 Å². The number of aliphatic hydroxyl groups excluding tert-OH is 1. The zero-order valence-electron chi connectivity index (χ0n) is 21.2. The molecule has 0 aliphatic heterocycles. The highest BCUT2D eigenvalue weighted by Crippen LogP contribution is 2.69. The van der Waals surface area contributed by atoms with Gasteiger partial charge in [0.25, 0.3) is 0 Å². The molecule has 4 rings (SSSR count). The zero-order valence-corrected chi connectivity index (χ0v) is 21.2. The minimum atomic E-state index is -0.545. The molecule has 0 radical (unpaired) electrons. The predicted molar refractivity (Wildman–Crippen MR) is 129 cm³/mol. The van der Waals surface area contributed by atoms with Crippen LogP contribution in [0.1, 0.15) is 78.6 Å². The number of nitrogens with zero attached hydrogens (tertiary/aromatic N) is 1. The van der Waals surface area contributed by atoms with Crippen molar-refractivity contribution in [3.05, 3.63) is 11.6 Å². The highest BCUT2D eigenvalue weighted by atomic mass is 16.6. The maximum Gasteiger partial charge on any atom is 0.0809 e. The standard InChI is InChI=1S/C27H48N2O3/c1-19(18-28-32-15-14-29(4)5)16-21-8-13-27(31)24-7-6-20-17-22(30)9-11-25(20,2)23(24)10-12-26(21,27)3/h16,20-24,28,30-31H,6-15,17-18H2,1-5H3/b19-16+/t20?,21?,22?,23-,24-,25+,26-,27-/m1/s1. The van der Waals surface area contributed by atoms with Gasteiger partial charge in [0.05, 0.1) is 18.3 Å². The molecule has 3 N–H and O–H groups in total. The smallest absolute Gasteiger partial charge is 0.0809 e. The number of hydrogen-bond donors (Lipinski definition) is 3. The van der Waals surface area contributed by atoms with Crippen LogP contribution in [0.15, 0.2) is 11.6 Å². The molecule has 3 unspecified atom stereocenters. The van der Waals surface area contributed by atoms with Gasteiger partial charge in [-0.2, -0.15) is 5.48 Å². The number of likely N-dealkylation sites (N-methyl/N-ethyl adjacent to an activating group) is 1. The third kappa shape index (κ3) is 4.22. The molecule has 0 amide bonds. The largest absolute Gasteiger partial charge is 0.393 e. The van der Waals surface area contributed by atoms with Crippen LogP contribution in [0.25, 0.3) is 0 Å². The van der Waals surface area contributed by atoms with E-state index >= 15 is 0 Å². The van der Waals surface area contributed by atoms with Crippen molar-refractivity contribution in [3.8, 4) is 0 Å². The molecule has 0 aromatic carbocycles. The lowest BCUT2D eigenvalue weighted by Gasteiger charge is -2.63. The zero-order chi connectivity index (χ0) is 23.1. The lowest BCUT2D eigenvalue weighted by atomic mass is 9.43. The van der Waals surface area contributed by atoms with Gasteiger partial charge in [-0.1, -0.05) is 25.5 Å². The van der Waals surface area contributed by atoms with Crippen LogP contribution < -0.4 is 5.48 Å². The number of allylic oxidation sites excluding steroid dienone is 1. The Morgan fingerprint density at radius 1 is 1.06 bits per heavy atom. The summed E-state index contributed by atoms with van der Waals surface area (Å²) in [5.74, 6) is 2.11. The van der Waals surface area contributed by atoms with E-state index in [1.165, 1.54) is 18.4 Å². The summed E-state index contributed by atoms with van der Waals surface area (Å²) in [4.78, 5) is 7.69. The number of nitrogens with one attached hydrogen (secondary N) is 1. The molecule has 0 spiro atoms. The van der Waals surface area contributed by atoms with Crippen molar-refractivity contribution in [3.63, 3.8) is 0 Å². The summed E-state index contributed by atoms with van der Waals surface area (Å²) in [5, 5.41) is 22.5. The number of rotatable bonds is 7. The molecular formula is C27H48N2O3. The molecule has 0 aromatic heterocycles. The molecule has 184 valence electrons. The summed E-state index contributed by atoms with van der Waals surface area (Å²) >= 11 is 0. The highest BCUT2D eigenvalue weighted by molar-refractivity contribution is 5.21. The molecule has 5 nitrogen and oxygen atoms in total. The third-order valence-electron chi connectivity index (χ3n) is 10.5. The summed E-state index contributed by atoms with van der Waals surface area (Å²) in [5.41, 5.74) is 4.15. The highest BCUT2D eigenvalue weighted by Gasteiger charge is 2.66. The summed E-state index contributed by atoms with van der Waals surface area (Å²) in [6, 6.07) is 0. The molecule has 4 fully saturated rings. The molecule has 0 aromatic rings. The van der Waals surface area contributed by atoms with Crippen LogP contribution in [0.5, 0.6) is 0 Å². The van der Waals surface area contributed by atoms with E-state index in [1.807, 2.05) is 0 Å². The fourth-order valence-corrected chi connectivity index (χ4v) is 8.38. The maximum atomic E-state index is 12.3. The molecule has 8 atom stereocenters. The Morgan fingerprint density at radius 3 is 2.59 bits per heavy atom. The van der Waals surface area contributed by atoms with E-state index in [0.29, 0.717) is 35.7 Å². The number of aliphatic hydroxyl groups is 2. The van der Waals surface area contributed by atoms with E-state index in [2.05, 4.69) is 51.3 Å². The van der Waals surface area contributed by atoms with Crippen molar-refractivity contribution < 1.29 is 15.1 Å². The maximum absolute atomic E-state index is 12.3. The SMILES string of the molecule is C/C(=C\C1CC[C@@]2(O)[C@@H]3CCC4CC(O)CC[C@]4(C)[C@@H]3CC[C@]12C)CNOCCN(C)C. The van der Waals surface area contributed by atoms with Gasteiger partial charge in [0.1, 0.15) is 0 Å². The summed E-state index contributed by atoms with van der Waals surface area (Å²) in [7, 11) is 4.10. The summed E-state index contributed by atoms with van der Waals surface area (Å²) in [6.07, 6.45) is 12.1. The minimum Gasteiger partial charge on any atom is -0.393 e. The van der Waals surface area contributed by atoms with Gasteiger partial charge in [-0.15, -0.1) is 0 Å². The topological polar surface area (TPSA) is 65.0 Å². The van der Waals surface area contributed by atoms with Crippen LogP contribution >= 0.6 is 0 Å². The Hall–Kier alpha value is -0.460. The molecule has 0 heterocycles. The Morgan fingerprint density at radius 2 is 1.84 bits per heavy atom. The summed E-state index contributed by atoms with van der Waals surface area (Å²) in [6.45, 7) is 9.39. The molecule has 32 heavy (non-hydrogen) atoms. The first kappa shape index (κ1) is 24.7. The Kier molecular flexibility index (Phi) is 7.16. The van der Waals surface area contributed by atoms with Crippen molar-refractivity contribution in [1.82, 2.24) is 10.4 Å². The molecule has 4 aliphatic carbocycles. The average Bonchev–Trinajstić information content (AvgIpc) is 2.99. The molecule has 4 saturated carbocycles. The Labute approximate surface area is 195 Å². The monoisotopic (exact) mass is 448 g/mol. The van der Waals surface area contributed by atoms with E-state index < -0.39 is 5.60 Å². The van der Waals surface area contributed by atoms with Crippen molar-refractivity contribution >= 4 is 0 Å². The second-order valence-corrected chi connectivity index (χ2v) is 12.4. The fraction of sp³-hybridized carbons (Fsp3) is 0.926. The first-order valence-corrected chi connectivity index (χ1v) is 13.2. The minimum absolute atomic E-state index is 0.0292. The molecule has 5 heteroatoms. The van der Waals surface area contributed by atoms with Gasteiger partial charge in [-0.25, -0.2) is 0 Å². The molecular weight excluding hydrogens is 400 g/mol. The van der Waals surface area contributed by atoms with Crippen molar-refractivity contribution in [2.24, 2.45) is 34.5 Å². The third-order valence-corrected chi connectivity index (χ3v) is 10.5. The van der Waals surface area contributed by atoms with E-state index in [1.54, 1.807) is 0 Å². The lowest BCUT2D eigenvalue weighted by molar-refractivity contribution is -0.207. The van der Waals surface area contributed by atoms with Gasteiger partial charge >= 0.3 is 0 Å². The molecule has 0 bridgehead atoms. The lowest BCUT2D eigenvalue weighted by Crippen LogP contribution is -2.62. The van der Waals surface area contributed by atoms with E-state index in [-0.39, 0.29) is 11.5 Å². The van der Waals surface area contributed by atoms with E-state index in [0.717, 1.165) is 58.0 Å². The first-order chi connectivity index (χ1) is 15.1. The van der Waals surface area contributed by atoms with Gasteiger partial charge in [0, 0.05) is 18.5 Å². The van der Waals surface area contributed by atoms with Crippen LogP contribution in [-0.4, -0.2) is 60.6 Å². The van der Waals surface area contributed by atoms with Crippen LogP contribution in [-0.2, 0) is 4.84 Å².